The molecule has 0 heterocycles. The lowest BCUT2D eigenvalue weighted by Gasteiger charge is -2.10. The average Bonchev–Trinajstić information content (AvgIpc) is 2.47. The molecule has 0 unspecified atom stereocenters. The highest BCUT2D eigenvalue weighted by Gasteiger charge is 1.98. The number of anilines is 1. The molecule has 0 fully saturated rings. The van der Waals surface area contributed by atoms with E-state index in [0.29, 0.717) is 17.2 Å². The normalized spacial score (nSPS) is 9.42. The summed E-state index contributed by atoms with van der Waals surface area (Å²) in [4.78, 5) is 0. The van der Waals surface area contributed by atoms with Crippen molar-refractivity contribution in [1.82, 2.24) is 5.32 Å². The second-order valence-corrected chi connectivity index (χ2v) is 4.39. The molecule has 2 N–H and O–H groups in total. The molecule has 19 heavy (non-hydrogen) atoms. The zero-order chi connectivity index (χ0) is 13.5. The number of thiocarbonyl (C=S) groups is 1. The van der Waals surface area contributed by atoms with Gasteiger partial charge < -0.3 is 10.6 Å². The Bertz CT molecular complexity index is 585. The Morgan fingerprint density at radius 2 is 1.74 bits per heavy atom. The fourth-order valence-corrected chi connectivity index (χ4v) is 1.77. The topological polar surface area (TPSA) is 47.9 Å². The van der Waals surface area contributed by atoms with Gasteiger partial charge in [0.05, 0.1) is 11.6 Å². The summed E-state index contributed by atoms with van der Waals surface area (Å²) in [5.74, 6) is 0. The van der Waals surface area contributed by atoms with Gasteiger partial charge in [-0.25, -0.2) is 0 Å². The third-order valence-corrected chi connectivity index (χ3v) is 2.81. The van der Waals surface area contributed by atoms with Crippen LogP contribution in [0.5, 0.6) is 0 Å². The molecular formula is C15H13N3S. The summed E-state index contributed by atoms with van der Waals surface area (Å²) in [7, 11) is 0. The van der Waals surface area contributed by atoms with Crippen LogP contribution >= 0.6 is 12.2 Å². The zero-order valence-corrected chi connectivity index (χ0v) is 11.1. The second-order valence-electron chi connectivity index (χ2n) is 3.98. The van der Waals surface area contributed by atoms with Crippen molar-refractivity contribution >= 4 is 23.0 Å². The molecule has 2 rings (SSSR count). The van der Waals surface area contributed by atoms with Crippen molar-refractivity contribution in [1.29, 1.82) is 5.26 Å². The van der Waals surface area contributed by atoms with E-state index in [0.717, 1.165) is 11.3 Å². The molecule has 0 bridgehead atoms. The highest BCUT2D eigenvalue weighted by atomic mass is 32.1. The van der Waals surface area contributed by atoms with Crippen LogP contribution in [0, 0.1) is 11.3 Å². The fraction of sp³-hybridized carbons (Fsp3) is 0.0667. The molecule has 0 amide bonds. The fourth-order valence-electron chi connectivity index (χ4n) is 1.58. The zero-order valence-electron chi connectivity index (χ0n) is 10.3. The van der Waals surface area contributed by atoms with E-state index in [1.165, 1.54) is 0 Å². The molecule has 0 aliphatic heterocycles. The highest BCUT2D eigenvalue weighted by Crippen LogP contribution is 2.05. The van der Waals surface area contributed by atoms with E-state index in [-0.39, 0.29) is 0 Å². The van der Waals surface area contributed by atoms with Crippen LogP contribution in [0.4, 0.5) is 5.69 Å². The summed E-state index contributed by atoms with van der Waals surface area (Å²) < 4.78 is 0. The number of hydrogen-bond donors (Lipinski definition) is 2. The van der Waals surface area contributed by atoms with Gasteiger partial charge in [-0.05, 0) is 42.0 Å². The second kappa shape index (κ2) is 6.53. The quantitative estimate of drug-likeness (QED) is 0.839. The molecule has 2 aromatic carbocycles. The molecule has 0 atom stereocenters. The monoisotopic (exact) mass is 267 g/mol. The lowest BCUT2D eigenvalue weighted by Crippen LogP contribution is -2.27. The maximum absolute atomic E-state index is 8.71. The molecule has 0 spiro atoms. The lowest BCUT2D eigenvalue weighted by atomic mass is 10.1. The molecule has 0 saturated carbocycles. The van der Waals surface area contributed by atoms with E-state index < -0.39 is 0 Å². The molecule has 0 aliphatic rings. The first-order chi connectivity index (χ1) is 9.28. The van der Waals surface area contributed by atoms with Crippen LogP contribution < -0.4 is 10.6 Å². The van der Waals surface area contributed by atoms with Crippen molar-refractivity contribution in [3.05, 3.63) is 65.7 Å². The maximum atomic E-state index is 8.71. The smallest absolute Gasteiger partial charge is 0.171 e. The number of nitrogens with zero attached hydrogens (tertiary/aromatic N) is 1. The van der Waals surface area contributed by atoms with Gasteiger partial charge in [0, 0.05) is 12.2 Å². The van der Waals surface area contributed by atoms with Crippen molar-refractivity contribution in [3.63, 3.8) is 0 Å². The van der Waals surface area contributed by atoms with Crippen molar-refractivity contribution in [3.8, 4) is 6.07 Å². The summed E-state index contributed by atoms with van der Waals surface area (Å²) in [5, 5.41) is 15.5. The Kier molecular flexibility index (Phi) is 4.49. The van der Waals surface area contributed by atoms with E-state index >= 15 is 0 Å². The highest BCUT2D eigenvalue weighted by molar-refractivity contribution is 7.80. The SMILES string of the molecule is N#Cc1ccc(CNC(=S)Nc2ccccc2)cc1. The van der Waals surface area contributed by atoms with E-state index in [9.17, 15) is 0 Å². The number of benzene rings is 2. The van der Waals surface area contributed by atoms with Gasteiger partial charge in [0.25, 0.3) is 0 Å². The van der Waals surface area contributed by atoms with Crippen LogP contribution in [0.1, 0.15) is 11.1 Å². The van der Waals surface area contributed by atoms with E-state index in [1.807, 2.05) is 42.5 Å². The van der Waals surface area contributed by atoms with E-state index in [2.05, 4.69) is 16.7 Å². The molecule has 0 aliphatic carbocycles. The Morgan fingerprint density at radius 1 is 1.05 bits per heavy atom. The van der Waals surface area contributed by atoms with Crippen molar-refractivity contribution in [2.75, 3.05) is 5.32 Å². The lowest BCUT2D eigenvalue weighted by molar-refractivity contribution is 0.925. The van der Waals surface area contributed by atoms with Crippen LogP contribution in [0.15, 0.2) is 54.6 Å². The van der Waals surface area contributed by atoms with Gasteiger partial charge in [-0.2, -0.15) is 5.26 Å². The van der Waals surface area contributed by atoms with Crippen LogP contribution in [0.3, 0.4) is 0 Å². The van der Waals surface area contributed by atoms with Crippen LogP contribution in [-0.2, 0) is 6.54 Å². The molecule has 94 valence electrons. The molecule has 3 nitrogen and oxygen atoms in total. The van der Waals surface area contributed by atoms with Crippen LogP contribution in [-0.4, -0.2) is 5.11 Å². The summed E-state index contributed by atoms with van der Waals surface area (Å²) in [6.45, 7) is 0.629. The van der Waals surface area contributed by atoms with Crippen molar-refractivity contribution < 1.29 is 0 Å². The first-order valence-corrected chi connectivity index (χ1v) is 6.28. The number of nitrogens with one attached hydrogen (secondary N) is 2. The third-order valence-electron chi connectivity index (χ3n) is 2.57. The number of para-hydroxylation sites is 1. The molecular weight excluding hydrogens is 254 g/mol. The first-order valence-electron chi connectivity index (χ1n) is 5.87. The van der Waals surface area contributed by atoms with Crippen molar-refractivity contribution in [2.45, 2.75) is 6.54 Å². The van der Waals surface area contributed by atoms with Crippen LogP contribution in [0.25, 0.3) is 0 Å². The summed E-state index contributed by atoms with van der Waals surface area (Å²) in [6.07, 6.45) is 0. The Balaban J connectivity index is 1.85. The van der Waals surface area contributed by atoms with Gasteiger partial charge in [-0.3, -0.25) is 0 Å². The number of rotatable bonds is 3. The molecule has 0 aromatic heterocycles. The molecule has 0 radical (unpaired) electrons. The van der Waals surface area contributed by atoms with Gasteiger partial charge in [-0.15, -0.1) is 0 Å². The minimum absolute atomic E-state index is 0.579. The van der Waals surface area contributed by atoms with Gasteiger partial charge in [0.1, 0.15) is 0 Å². The minimum atomic E-state index is 0.579. The summed E-state index contributed by atoms with van der Waals surface area (Å²) in [6, 6.07) is 19.3. The predicted molar refractivity (Wildman–Crippen MR) is 80.7 cm³/mol. The first kappa shape index (κ1) is 13.1. The summed E-state index contributed by atoms with van der Waals surface area (Å²) >= 11 is 5.21. The van der Waals surface area contributed by atoms with E-state index in [4.69, 9.17) is 17.5 Å². The largest absolute Gasteiger partial charge is 0.358 e. The van der Waals surface area contributed by atoms with E-state index in [1.54, 1.807) is 12.1 Å². The van der Waals surface area contributed by atoms with Gasteiger partial charge >= 0.3 is 0 Å². The number of nitriles is 1. The molecule has 4 heteroatoms. The molecule has 2 aromatic rings. The third kappa shape index (κ3) is 4.09. The Labute approximate surface area is 117 Å². The Hall–Kier alpha value is -2.38. The standard InChI is InChI=1S/C15H13N3S/c16-10-12-6-8-13(9-7-12)11-17-15(19)18-14-4-2-1-3-5-14/h1-9H,11H2,(H2,17,18,19). The minimum Gasteiger partial charge on any atom is -0.358 e. The molecule has 0 saturated heterocycles. The maximum Gasteiger partial charge on any atom is 0.171 e. The summed E-state index contributed by atoms with van der Waals surface area (Å²) in [5.41, 5.74) is 2.70. The predicted octanol–water partition coefficient (Wildman–Crippen LogP) is 3.04. The van der Waals surface area contributed by atoms with Gasteiger partial charge in [0.2, 0.25) is 0 Å². The van der Waals surface area contributed by atoms with Gasteiger partial charge in [-0.1, -0.05) is 30.3 Å². The Morgan fingerprint density at radius 3 is 2.37 bits per heavy atom. The average molecular weight is 267 g/mol. The number of hydrogen-bond acceptors (Lipinski definition) is 2. The van der Waals surface area contributed by atoms with Crippen LogP contribution in [0.2, 0.25) is 0 Å². The van der Waals surface area contributed by atoms with Crippen molar-refractivity contribution in [2.24, 2.45) is 0 Å². The van der Waals surface area contributed by atoms with Gasteiger partial charge in [0.15, 0.2) is 5.11 Å².